The molecule has 0 aromatic heterocycles. The third-order valence-electron chi connectivity index (χ3n) is 3.68. The first-order chi connectivity index (χ1) is 4.70. The highest BCUT2D eigenvalue weighted by atomic mass is 16.3. The van der Waals surface area contributed by atoms with Gasteiger partial charge in [0.1, 0.15) is 0 Å². The van der Waals surface area contributed by atoms with Crippen molar-refractivity contribution >= 4 is 0 Å². The number of fused-ring (bicyclic) bond motifs is 2. The molecule has 0 aromatic rings. The van der Waals surface area contributed by atoms with Crippen LogP contribution in [0.15, 0.2) is 0 Å². The molecule has 2 aliphatic rings. The van der Waals surface area contributed by atoms with Crippen LogP contribution in [0.3, 0.4) is 0 Å². The molecule has 58 valence electrons. The normalized spacial score (nSPS) is 59.7. The molecular formula is C9H16O. The minimum Gasteiger partial charge on any atom is -0.393 e. The zero-order chi connectivity index (χ0) is 7.30. The summed E-state index contributed by atoms with van der Waals surface area (Å²) in [5, 5.41) is 9.61. The Morgan fingerprint density at radius 3 is 2.30 bits per heavy atom. The third-order valence-corrected chi connectivity index (χ3v) is 3.68. The van der Waals surface area contributed by atoms with Crippen LogP contribution in [0.2, 0.25) is 0 Å². The monoisotopic (exact) mass is 140 g/mol. The van der Waals surface area contributed by atoms with E-state index in [9.17, 15) is 5.11 Å². The van der Waals surface area contributed by atoms with E-state index in [-0.39, 0.29) is 6.10 Å². The fraction of sp³-hybridized carbons (Fsp3) is 1.00. The van der Waals surface area contributed by atoms with Gasteiger partial charge in [-0.25, -0.2) is 0 Å². The molecule has 5 atom stereocenters. The van der Waals surface area contributed by atoms with Gasteiger partial charge in [-0.05, 0) is 36.5 Å². The molecule has 0 saturated heterocycles. The largest absolute Gasteiger partial charge is 0.393 e. The van der Waals surface area contributed by atoms with E-state index in [2.05, 4.69) is 13.8 Å². The highest BCUT2D eigenvalue weighted by Crippen LogP contribution is 2.51. The van der Waals surface area contributed by atoms with Crippen LogP contribution in [0.5, 0.6) is 0 Å². The summed E-state index contributed by atoms with van der Waals surface area (Å²) >= 11 is 0. The Balaban J connectivity index is 2.16. The van der Waals surface area contributed by atoms with Crippen LogP contribution < -0.4 is 0 Å². The molecule has 2 unspecified atom stereocenters. The summed E-state index contributed by atoms with van der Waals surface area (Å²) in [6.07, 6.45) is 2.60. The van der Waals surface area contributed by atoms with E-state index in [4.69, 9.17) is 0 Å². The predicted molar refractivity (Wildman–Crippen MR) is 40.5 cm³/mol. The standard InChI is InChI=1S/C9H16O/c1-5-3-7-4-8(5)6(2)9(7)10/h5-10H,3-4H2,1-2H3/t5-,6?,7-,8-,9?/m0/s1. The van der Waals surface area contributed by atoms with Gasteiger partial charge < -0.3 is 5.11 Å². The molecule has 1 N–H and O–H groups in total. The Kier molecular flexibility index (Phi) is 1.31. The first-order valence-corrected chi connectivity index (χ1v) is 4.38. The minimum atomic E-state index is 0.0289. The van der Waals surface area contributed by atoms with Crippen LogP contribution in [0.1, 0.15) is 26.7 Å². The van der Waals surface area contributed by atoms with Gasteiger partial charge in [-0.3, -0.25) is 0 Å². The Morgan fingerprint density at radius 2 is 1.90 bits per heavy atom. The van der Waals surface area contributed by atoms with Crippen LogP contribution in [0.25, 0.3) is 0 Å². The number of rotatable bonds is 0. The molecule has 0 spiro atoms. The smallest absolute Gasteiger partial charge is 0.0596 e. The summed E-state index contributed by atoms with van der Waals surface area (Å²) in [6, 6.07) is 0. The summed E-state index contributed by atoms with van der Waals surface area (Å²) in [6.45, 7) is 4.53. The molecule has 0 aliphatic heterocycles. The van der Waals surface area contributed by atoms with Crippen LogP contribution in [-0.2, 0) is 0 Å². The van der Waals surface area contributed by atoms with E-state index in [0.717, 1.165) is 11.8 Å². The van der Waals surface area contributed by atoms with E-state index in [0.29, 0.717) is 11.8 Å². The maximum Gasteiger partial charge on any atom is 0.0596 e. The second-order valence-corrected chi connectivity index (χ2v) is 4.22. The van der Waals surface area contributed by atoms with Gasteiger partial charge in [0.25, 0.3) is 0 Å². The molecule has 2 aliphatic carbocycles. The van der Waals surface area contributed by atoms with Crippen molar-refractivity contribution in [2.45, 2.75) is 32.8 Å². The molecule has 10 heavy (non-hydrogen) atoms. The lowest BCUT2D eigenvalue weighted by Crippen LogP contribution is -2.28. The molecule has 2 fully saturated rings. The molecule has 0 heterocycles. The molecule has 2 bridgehead atoms. The molecule has 2 rings (SSSR count). The zero-order valence-electron chi connectivity index (χ0n) is 6.75. The van der Waals surface area contributed by atoms with E-state index < -0.39 is 0 Å². The molecule has 2 saturated carbocycles. The van der Waals surface area contributed by atoms with Crippen molar-refractivity contribution in [3.8, 4) is 0 Å². The Bertz CT molecular complexity index is 142. The van der Waals surface area contributed by atoms with Crippen molar-refractivity contribution < 1.29 is 5.11 Å². The number of hydrogen-bond acceptors (Lipinski definition) is 1. The first kappa shape index (κ1) is 6.66. The Labute approximate surface area is 62.4 Å². The van der Waals surface area contributed by atoms with Gasteiger partial charge in [0, 0.05) is 0 Å². The van der Waals surface area contributed by atoms with E-state index in [1.165, 1.54) is 12.8 Å². The molecule has 1 nitrogen and oxygen atoms in total. The van der Waals surface area contributed by atoms with Crippen molar-refractivity contribution in [3.05, 3.63) is 0 Å². The zero-order valence-corrected chi connectivity index (χ0v) is 6.75. The minimum absolute atomic E-state index is 0.0289. The van der Waals surface area contributed by atoms with Gasteiger partial charge in [-0.2, -0.15) is 0 Å². The summed E-state index contributed by atoms with van der Waals surface area (Å²) in [4.78, 5) is 0. The highest BCUT2D eigenvalue weighted by molar-refractivity contribution is 4.97. The average Bonchev–Trinajstić information content (AvgIpc) is 2.36. The fourth-order valence-corrected chi connectivity index (χ4v) is 3.02. The second-order valence-electron chi connectivity index (χ2n) is 4.22. The van der Waals surface area contributed by atoms with Gasteiger partial charge in [0.2, 0.25) is 0 Å². The maximum atomic E-state index is 9.61. The van der Waals surface area contributed by atoms with Gasteiger partial charge >= 0.3 is 0 Å². The lowest BCUT2D eigenvalue weighted by Gasteiger charge is -2.28. The van der Waals surface area contributed by atoms with E-state index in [1.807, 2.05) is 0 Å². The summed E-state index contributed by atoms with van der Waals surface area (Å²) in [5.41, 5.74) is 0. The van der Waals surface area contributed by atoms with E-state index in [1.54, 1.807) is 0 Å². The number of hydrogen-bond donors (Lipinski definition) is 1. The highest BCUT2D eigenvalue weighted by Gasteiger charge is 2.48. The fourth-order valence-electron chi connectivity index (χ4n) is 3.02. The molecule has 1 heteroatoms. The van der Waals surface area contributed by atoms with Crippen molar-refractivity contribution in [2.24, 2.45) is 23.7 Å². The van der Waals surface area contributed by atoms with Gasteiger partial charge in [-0.15, -0.1) is 0 Å². The number of aliphatic hydroxyl groups is 1. The van der Waals surface area contributed by atoms with Crippen molar-refractivity contribution in [2.75, 3.05) is 0 Å². The van der Waals surface area contributed by atoms with Crippen LogP contribution in [-0.4, -0.2) is 11.2 Å². The summed E-state index contributed by atoms with van der Waals surface area (Å²) in [7, 11) is 0. The van der Waals surface area contributed by atoms with Gasteiger partial charge in [0.15, 0.2) is 0 Å². The van der Waals surface area contributed by atoms with Crippen molar-refractivity contribution in [1.82, 2.24) is 0 Å². The molecule has 0 radical (unpaired) electrons. The Hall–Kier alpha value is -0.0400. The van der Waals surface area contributed by atoms with Crippen LogP contribution in [0, 0.1) is 23.7 Å². The van der Waals surface area contributed by atoms with Crippen molar-refractivity contribution in [1.29, 1.82) is 0 Å². The van der Waals surface area contributed by atoms with Crippen LogP contribution in [0.4, 0.5) is 0 Å². The second kappa shape index (κ2) is 1.97. The van der Waals surface area contributed by atoms with Crippen molar-refractivity contribution in [3.63, 3.8) is 0 Å². The lowest BCUT2D eigenvalue weighted by atomic mass is 9.81. The molecular weight excluding hydrogens is 124 g/mol. The quantitative estimate of drug-likeness (QED) is 0.542. The SMILES string of the molecule is CC1C(O)[C@@H]2C[C@H]1[C@@H](C)C2. The topological polar surface area (TPSA) is 20.2 Å². The van der Waals surface area contributed by atoms with Crippen LogP contribution >= 0.6 is 0 Å². The van der Waals surface area contributed by atoms with Gasteiger partial charge in [0.05, 0.1) is 6.10 Å². The van der Waals surface area contributed by atoms with E-state index >= 15 is 0 Å². The first-order valence-electron chi connectivity index (χ1n) is 4.38. The summed E-state index contributed by atoms with van der Waals surface area (Å²) in [5.74, 6) is 2.94. The predicted octanol–water partition coefficient (Wildman–Crippen LogP) is 1.66. The Morgan fingerprint density at radius 1 is 1.20 bits per heavy atom. The van der Waals surface area contributed by atoms with Gasteiger partial charge in [-0.1, -0.05) is 13.8 Å². The lowest BCUT2D eigenvalue weighted by molar-refractivity contribution is 0.0503. The summed E-state index contributed by atoms with van der Waals surface area (Å²) < 4.78 is 0. The average molecular weight is 140 g/mol. The third kappa shape index (κ3) is 0.672. The maximum absolute atomic E-state index is 9.61. The molecule has 0 amide bonds. The number of aliphatic hydroxyl groups excluding tert-OH is 1. The molecule has 0 aromatic carbocycles.